The van der Waals surface area contributed by atoms with Crippen molar-refractivity contribution in [2.45, 2.75) is 13.1 Å². The molecule has 0 unspecified atom stereocenters. The molecule has 0 aliphatic heterocycles. The predicted molar refractivity (Wildman–Crippen MR) is 66.4 cm³/mol. The van der Waals surface area contributed by atoms with Crippen LogP contribution in [0.1, 0.15) is 22.8 Å². The SMILES string of the molecule is CCN(C/C(N)=N/O)C(=O)c1cccc(C(F)(F)F)c1F. The van der Waals surface area contributed by atoms with Crippen molar-refractivity contribution < 1.29 is 27.6 Å². The molecule has 0 heterocycles. The quantitative estimate of drug-likeness (QED) is 0.294. The minimum absolute atomic E-state index is 0.0464. The zero-order valence-corrected chi connectivity index (χ0v) is 11.0. The standard InChI is InChI=1S/C12H13F4N3O2/c1-2-19(6-9(17)18-21)11(20)7-4-3-5-8(10(7)13)12(14,15)16/h3-5,21H,2,6H2,1H3,(H2,17,18). The van der Waals surface area contributed by atoms with Crippen LogP contribution in [0.4, 0.5) is 17.6 Å². The molecule has 1 rings (SSSR count). The van der Waals surface area contributed by atoms with Crippen LogP contribution in [0.25, 0.3) is 0 Å². The van der Waals surface area contributed by atoms with Gasteiger partial charge < -0.3 is 15.8 Å². The molecule has 21 heavy (non-hydrogen) atoms. The number of amides is 1. The molecule has 116 valence electrons. The number of nitrogens with zero attached hydrogens (tertiary/aromatic N) is 2. The zero-order chi connectivity index (χ0) is 16.2. The number of rotatable bonds is 4. The van der Waals surface area contributed by atoms with Gasteiger partial charge in [0, 0.05) is 6.54 Å². The highest BCUT2D eigenvalue weighted by atomic mass is 19.4. The molecular formula is C12H13F4N3O2. The number of hydrogen-bond donors (Lipinski definition) is 2. The number of carbonyl (C=O) groups is 1. The van der Waals surface area contributed by atoms with Crippen LogP contribution >= 0.6 is 0 Å². The monoisotopic (exact) mass is 307 g/mol. The fourth-order valence-corrected chi connectivity index (χ4v) is 1.64. The van der Waals surface area contributed by atoms with Crippen molar-refractivity contribution in [3.63, 3.8) is 0 Å². The smallest absolute Gasteiger partial charge is 0.409 e. The van der Waals surface area contributed by atoms with E-state index in [1.807, 2.05) is 0 Å². The van der Waals surface area contributed by atoms with Crippen molar-refractivity contribution >= 4 is 11.7 Å². The van der Waals surface area contributed by atoms with Crippen molar-refractivity contribution in [2.24, 2.45) is 10.9 Å². The number of alkyl halides is 3. The summed E-state index contributed by atoms with van der Waals surface area (Å²) >= 11 is 0. The van der Waals surface area contributed by atoms with E-state index in [1.165, 1.54) is 6.92 Å². The average Bonchev–Trinajstić information content (AvgIpc) is 2.42. The average molecular weight is 307 g/mol. The number of oxime groups is 1. The molecular weight excluding hydrogens is 294 g/mol. The van der Waals surface area contributed by atoms with Gasteiger partial charge in [-0.3, -0.25) is 4.79 Å². The molecule has 0 saturated carbocycles. The first kappa shape index (κ1) is 16.7. The Morgan fingerprint density at radius 2 is 2.05 bits per heavy atom. The highest BCUT2D eigenvalue weighted by Gasteiger charge is 2.36. The fraction of sp³-hybridized carbons (Fsp3) is 0.333. The minimum atomic E-state index is -4.90. The van der Waals surface area contributed by atoms with E-state index in [2.05, 4.69) is 5.16 Å². The van der Waals surface area contributed by atoms with E-state index < -0.39 is 29.0 Å². The second kappa shape index (κ2) is 6.42. The van der Waals surface area contributed by atoms with Crippen LogP contribution in [0.2, 0.25) is 0 Å². The van der Waals surface area contributed by atoms with Crippen LogP contribution in [0.15, 0.2) is 23.4 Å². The van der Waals surface area contributed by atoms with Gasteiger partial charge in [-0.1, -0.05) is 11.2 Å². The van der Waals surface area contributed by atoms with Crippen molar-refractivity contribution in [3.05, 3.63) is 35.1 Å². The molecule has 0 aliphatic rings. The summed E-state index contributed by atoms with van der Waals surface area (Å²) in [7, 11) is 0. The summed E-state index contributed by atoms with van der Waals surface area (Å²) in [5, 5.41) is 11.1. The summed E-state index contributed by atoms with van der Waals surface area (Å²) in [5.41, 5.74) is 2.99. The summed E-state index contributed by atoms with van der Waals surface area (Å²) in [5.74, 6) is -2.95. The summed E-state index contributed by atoms with van der Waals surface area (Å²) < 4.78 is 51.7. The van der Waals surface area contributed by atoms with Crippen molar-refractivity contribution in [2.75, 3.05) is 13.1 Å². The third-order valence-electron chi connectivity index (χ3n) is 2.68. The van der Waals surface area contributed by atoms with E-state index >= 15 is 0 Å². The van der Waals surface area contributed by atoms with E-state index in [1.54, 1.807) is 0 Å². The maximum Gasteiger partial charge on any atom is 0.419 e. The normalized spacial score (nSPS) is 12.3. The second-order valence-electron chi connectivity index (χ2n) is 4.08. The van der Waals surface area contributed by atoms with Crippen molar-refractivity contribution in [1.82, 2.24) is 4.90 Å². The van der Waals surface area contributed by atoms with E-state index in [9.17, 15) is 22.4 Å². The van der Waals surface area contributed by atoms with Gasteiger partial charge in [0.25, 0.3) is 5.91 Å². The highest BCUT2D eigenvalue weighted by Crippen LogP contribution is 2.32. The van der Waals surface area contributed by atoms with Crippen molar-refractivity contribution in [3.8, 4) is 0 Å². The first-order valence-electron chi connectivity index (χ1n) is 5.83. The lowest BCUT2D eigenvalue weighted by Crippen LogP contribution is -2.39. The Morgan fingerprint density at radius 1 is 1.43 bits per heavy atom. The number of amidine groups is 1. The Bertz CT molecular complexity index is 558. The number of hydrogen-bond acceptors (Lipinski definition) is 3. The molecule has 1 aromatic rings. The molecule has 5 nitrogen and oxygen atoms in total. The molecule has 0 aliphatic carbocycles. The molecule has 1 aromatic carbocycles. The lowest BCUT2D eigenvalue weighted by molar-refractivity contribution is -0.140. The minimum Gasteiger partial charge on any atom is -0.409 e. The van der Waals surface area contributed by atoms with Crippen LogP contribution < -0.4 is 5.73 Å². The first-order chi connectivity index (χ1) is 9.72. The molecule has 0 radical (unpaired) electrons. The van der Waals surface area contributed by atoms with Crippen LogP contribution in [-0.2, 0) is 6.18 Å². The van der Waals surface area contributed by atoms with Gasteiger partial charge in [-0.25, -0.2) is 4.39 Å². The van der Waals surface area contributed by atoms with Gasteiger partial charge in [0.2, 0.25) is 0 Å². The van der Waals surface area contributed by atoms with Gasteiger partial charge in [0.1, 0.15) is 5.82 Å². The van der Waals surface area contributed by atoms with E-state index in [-0.39, 0.29) is 18.9 Å². The Kier molecular flexibility index (Phi) is 5.12. The molecule has 0 bridgehead atoms. The van der Waals surface area contributed by atoms with Crippen molar-refractivity contribution in [1.29, 1.82) is 0 Å². The van der Waals surface area contributed by atoms with E-state index in [0.717, 1.165) is 17.0 Å². The topological polar surface area (TPSA) is 78.9 Å². The second-order valence-corrected chi connectivity index (χ2v) is 4.08. The number of carbonyl (C=O) groups excluding carboxylic acids is 1. The van der Waals surface area contributed by atoms with E-state index in [4.69, 9.17) is 10.9 Å². The van der Waals surface area contributed by atoms with Crippen LogP contribution in [0.3, 0.4) is 0 Å². The summed E-state index contributed by atoms with van der Waals surface area (Å²) in [6.45, 7) is 1.24. The third kappa shape index (κ3) is 3.83. The van der Waals surface area contributed by atoms with Gasteiger partial charge in [-0.05, 0) is 19.1 Å². The molecule has 3 N–H and O–H groups in total. The maximum absolute atomic E-state index is 13.9. The molecule has 9 heteroatoms. The van der Waals surface area contributed by atoms with Gasteiger partial charge in [-0.15, -0.1) is 0 Å². The first-order valence-corrected chi connectivity index (χ1v) is 5.83. The Labute approximate surface area is 117 Å². The van der Waals surface area contributed by atoms with E-state index in [0.29, 0.717) is 6.07 Å². The number of halogens is 4. The largest absolute Gasteiger partial charge is 0.419 e. The van der Waals surface area contributed by atoms with Crippen LogP contribution in [-0.4, -0.2) is 34.9 Å². The number of nitrogens with two attached hydrogens (primary N) is 1. The molecule has 0 spiro atoms. The lowest BCUT2D eigenvalue weighted by atomic mass is 10.1. The predicted octanol–water partition coefficient (Wildman–Crippen LogP) is 2.05. The molecule has 0 aromatic heterocycles. The molecule has 0 saturated heterocycles. The zero-order valence-electron chi connectivity index (χ0n) is 11.0. The third-order valence-corrected chi connectivity index (χ3v) is 2.68. The molecule has 1 amide bonds. The number of likely N-dealkylation sites (N-methyl/N-ethyl adjacent to an activating group) is 1. The molecule has 0 atom stereocenters. The highest BCUT2D eigenvalue weighted by molar-refractivity contribution is 5.97. The van der Waals surface area contributed by atoms with Gasteiger partial charge in [-0.2, -0.15) is 13.2 Å². The molecule has 0 fully saturated rings. The van der Waals surface area contributed by atoms with Crippen LogP contribution in [0, 0.1) is 5.82 Å². The Hall–Kier alpha value is -2.32. The van der Waals surface area contributed by atoms with Gasteiger partial charge >= 0.3 is 6.18 Å². The lowest BCUT2D eigenvalue weighted by Gasteiger charge is -2.21. The Morgan fingerprint density at radius 3 is 2.52 bits per heavy atom. The summed E-state index contributed by atoms with van der Waals surface area (Å²) in [6, 6.07) is 2.43. The Balaban J connectivity index is 3.18. The van der Waals surface area contributed by atoms with Gasteiger partial charge in [0.05, 0.1) is 17.7 Å². The fourth-order valence-electron chi connectivity index (χ4n) is 1.64. The van der Waals surface area contributed by atoms with Crippen LogP contribution in [0.5, 0.6) is 0 Å². The summed E-state index contributed by atoms with van der Waals surface area (Å²) in [4.78, 5) is 13.0. The summed E-state index contributed by atoms with van der Waals surface area (Å²) in [6.07, 6.45) is -4.90. The number of benzene rings is 1. The maximum atomic E-state index is 13.9. The van der Waals surface area contributed by atoms with Gasteiger partial charge in [0.15, 0.2) is 5.84 Å².